The summed E-state index contributed by atoms with van der Waals surface area (Å²) in [5.41, 5.74) is 4.57. The molecular weight excluding hydrogens is 368 g/mol. The zero-order valence-electron chi connectivity index (χ0n) is 15.8. The van der Waals surface area contributed by atoms with E-state index in [0.717, 1.165) is 43.0 Å². The molecule has 28 heavy (non-hydrogen) atoms. The van der Waals surface area contributed by atoms with Crippen molar-refractivity contribution in [1.82, 2.24) is 29.2 Å². The van der Waals surface area contributed by atoms with Crippen LogP contribution in [0.5, 0.6) is 0 Å². The number of piperazine rings is 1. The first kappa shape index (κ1) is 17.5. The SMILES string of the molecule is CN1CCN(Cc2nccs2)C[C@H]1c1ncn2cc(-c3cccnc3)ccc12. The first-order valence-electron chi connectivity index (χ1n) is 9.46. The molecule has 1 aliphatic heterocycles. The smallest absolute Gasteiger partial charge is 0.107 e. The van der Waals surface area contributed by atoms with Crippen LogP contribution in [-0.2, 0) is 6.54 Å². The quantitative estimate of drug-likeness (QED) is 0.535. The molecule has 5 heterocycles. The van der Waals surface area contributed by atoms with Gasteiger partial charge in [0.2, 0.25) is 0 Å². The third-order valence-corrected chi connectivity index (χ3v) is 6.21. The highest BCUT2D eigenvalue weighted by atomic mass is 32.1. The number of thiazole rings is 1. The Kier molecular flexibility index (Phi) is 4.64. The largest absolute Gasteiger partial charge is 0.305 e. The summed E-state index contributed by atoms with van der Waals surface area (Å²) in [4.78, 5) is 18.4. The lowest BCUT2D eigenvalue weighted by molar-refractivity contribution is 0.0892. The van der Waals surface area contributed by atoms with Crippen LogP contribution in [0, 0.1) is 0 Å². The molecule has 0 radical (unpaired) electrons. The van der Waals surface area contributed by atoms with Gasteiger partial charge < -0.3 is 4.40 Å². The molecule has 0 aliphatic carbocycles. The van der Waals surface area contributed by atoms with Crippen molar-refractivity contribution < 1.29 is 0 Å². The summed E-state index contributed by atoms with van der Waals surface area (Å²) in [6.07, 6.45) is 9.64. The van der Waals surface area contributed by atoms with Crippen molar-refractivity contribution in [2.45, 2.75) is 12.6 Å². The maximum Gasteiger partial charge on any atom is 0.107 e. The molecule has 0 amide bonds. The number of rotatable bonds is 4. The average Bonchev–Trinajstić information content (AvgIpc) is 3.39. The maximum atomic E-state index is 4.80. The summed E-state index contributed by atoms with van der Waals surface area (Å²) in [6.45, 7) is 3.97. The van der Waals surface area contributed by atoms with E-state index in [1.54, 1.807) is 17.5 Å². The first-order valence-corrected chi connectivity index (χ1v) is 10.3. The van der Waals surface area contributed by atoms with Gasteiger partial charge in [-0.2, -0.15) is 0 Å². The zero-order chi connectivity index (χ0) is 18.9. The number of hydrogen-bond acceptors (Lipinski definition) is 6. The van der Waals surface area contributed by atoms with Gasteiger partial charge in [-0.05, 0) is 24.7 Å². The lowest BCUT2D eigenvalue weighted by Gasteiger charge is -2.38. The Labute approximate surface area is 168 Å². The van der Waals surface area contributed by atoms with Crippen LogP contribution in [0.25, 0.3) is 16.6 Å². The second-order valence-corrected chi connectivity index (χ2v) is 8.22. The number of fused-ring (bicyclic) bond motifs is 1. The molecule has 4 aromatic heterocycles. The molecule has 1 atom stereocenters. The lowest BCUT2D eigenvalue weighted by Crippen LogP contribution is -2.46. The van der Waals surface area contributed by atoms with Crippen molar-refractivity contribution in [3.8, 4) is 11.1 Å². The third kappa shape index (κ3) is 3.32. The summed E-state index contributed by atoms with van der Waals surface area (Å²) in [5, 5.41) is 3.23. The second-order valence-electron chi connectivity index (χ2n) is 7.24. The lowest BCUT2D eigenvalue weighted by atomic mass is 10.1. The predicted molar refractivity (Wildman–Crippen MR) is 111 cm³/mol. The topological polar surface area (TPSA) is 49.6 Å². The molecule has 1 fully saturated rings. The van der Waals surface area contributed by atoms with Gasteiger partial charge in [-0.15, -0.1) is 11.3 Å². The molecule has 0 unspecified atom stereocenters. The van der Waals surface area contributed by atoms with Crippen LogP contribution in [0.4, 0.5) is 0 Å². The van der Waals surface area contributed by atoms with Crippen molar-refractivity contribution in [3.63, 3.8) is 0 Å². The van der Waals surface area contributed by atoms with Crippen molar-refractivity contribution >= 4 is 16.9 Å². The molecular formula is C21H22N6S. The van der Waals surface area contributed by atoms with Gasteiger partial charge in [-0.1, -0.05) is 12.1 Å². The minimum atomic E-state index is 0.281. The van der Waals surface area contributed by atoms with Crippen molar-refractivity contribution in [2.24, 2.45) is 0 Å². The van der Waals surface area contributed by atoms with Gasteiger partial charge in [0.15, 0.2) is 0 Å². The van der Waals surface area contributed by atoms with E-state index in [4.69, 9.17) is 4.98 Å². The molecule has 1 saturated heterocycles. The van der Waals surface area contributed by atoms with Crippen LogP contribution in [0.15, 0.2) is 60.8 Å². The van der Waals surface area contributed by atoms with Gasteiger partial charge in [0.05, 0.1) is 30.1 Å². The highest BCUT2D eigenvalue weighted by molar-refractivity contribution is 7.09. The molecule has 142 valence electrons. The van der Waals surface area contributed by atoms with Crippen molar-refractivity contribution in [2.75, 3.05) is 26.7 Å². The Morgan fingerprint density at radius 2 is 2.07 bits per heavy atom. The first-order chi connectivity index (χ1) is 13.8. The third-order valence-electron chi connectivity index (χ3n) is 5.45. The van der Waals surface area contributed by atoms with E-state index in [0.29, 0.717) is 0 Å². The fourth-order valence-electron chi connectivity index (χ4n) is 3.87. The Bertz CT molecular complexity index is 1060. The summed E-state index contributed by atoms with van der Waals surface area (Å²) >= 11 is 1.73. The summed E-state index contributed by atoms with van der Waals surface area (Å²) < 4.78 is 2.13. The minimum absolute atomic E-state index is 0.281. The maximum absolute atomic E-state index is 4.80. The minimum Gasteiger partial charge on any atom is -0.305 e. The van der Waals surface area contributed by atoms with Gasteiger partial charge in [-0.3, -0.25) is 14.8 Å². The zero-order valence-corrected chi connectivity index (χ0v) is 16.6. The number of pyridine rings is 2. The standard InChI is InChI=1S/C21H22N6S/c1-25-8-9-26(14-20-23-7-10-28-20)13-19(25)21-18-5-4-17(12-27(18)15-24-21)16-3-2-6-22-11-16/h2-7,10-12,15,19H,8-9,13-14H2,1H3/t19-/m0/s1. The molecule has 0 aromatic carbocycles. The highest BCUT2D eigenvalue weighted by Gasteiger charge is 2.29. The number of aromatic nitrogens is 4. The summed E-state index contributed by atoms with van der Waals surface area (Å²) in [5.74, 6) is 0. The average molecular weight is 391 g/mol. The van der Waals surface area contributed by atoms with Gasteiger partial charge in [0.1, 0.15) is 5.01 Å². The normalized spacial score (nSPS) is 18.7. The fourth-order valence-corrected chi connectivity index (χ4v) is 4.53. The van der Waals surface area contributed by atoms with Crippen LogP contribution in [-0.4, -0.2) is 55.8 Å². The molecule has 0 spiro atoms. The Morgan fingerprint density at radius 1 is 1.11 bits per heavy atom. The fraction of sp³-hybridized carbons (Fsp3) is 0.286. The molecule has 5 rings (SSSR count). The molecule has 7 heteroatoms. The van der Waals surface area contributed by atoms with Crippen LogP contribution < -0.4 is 0 Å². The van der Waals surface area contributed by atoms with Crippen LogP contribution in [0.2, 0.25) is 0 Å². The molecule has 0 N–H and O–H groups in total. The Balaban J connectivity index is 1.43. The molecule has 4 aromatic rings. The summed E-state index contributed by atoms with van der Waals surface area (Å²) in [6, 6.07) is 8.67. The van der Waals surface area contributed by atoms with E-state index in [1.165, 1.54) is 10.5 Å². The summed E-state index contributed by atoms with van der Waals surface area (Å²) in [7, 11) is 2.20. The van der Waals surface area contributed by atoms with Gasteiger partial charge in [0, 0.05) is 55.4 Å². The molecule has 0 bridgehead atoms. The Morgan fingerprint density at radius 3 is 2.89 bits per heavy atom. The van der Waals surface area contributed by atoms with Crippen molar-refractivity contribution in [1.29, 1.82) is 0 Å². The molecule has 6 nitrogen and oxygen atoms in total. The van der Waals surface area contributed by atoms with Crippen molar-refractivity contribution in [3.05, 3.63) is 71.5 Å². The van der Waals surface area contributed by atoms with E-state index in [1.807, 2.05) is 30.2 Å². The monoisotopic (exact) mass is 390 g/mol. The number of likely N-dealkylation sites (N-methyl/N-ethyl adjacent to an activating group) is 1. The highest BCUT2D eigenvalue weighted by Crippen LogP contribution is 2.29. The van der Waals surface area contributed by atoms with E-state index >= 15 is 0 Å². The van der Waals surface area contributed by atoms with E-state index < -0.39 is 0 Å². The number of nitrogens with zero attached hydrogens (tertiary/aromatic N) is 6. The van der Waals surface area contributed by atoms with Gasteiger partial charge in [-0.25, -0.2) is 9.97 Å². The molecule has 1 aliphatic rings. The number of hydrogen-bond donors (Lipinski definition) is 0. The predicted octanol–water partition coefficient (Wildman–Crippen LogP) is 3.34. The van der Waals surface area contributed by atoms with E-state index in [9.17, 15) is 0 Å². The van der Waals surface area contributed by atoms with Gasteiger partial charge in [0.25, 0.3) is 0 Å². The Hall–Kier alpha value is -2.61. The van der Waals surface area contributed by atoms with Crippen LogP contribution >= 0.6 is 11.3 Å². The van der Waals surface area contributed by atoms with Crippen LogP contribution in [0.1, 0.15) is 16.7 Å². The van der Waals surface area contributed by atoms with Gasteiger partial charge >= 0.3 is 0 Å². The number of imidazole rings is 1. The van der Waals surface area contributed by atoms with Crippen LogP contribution in [0.3, 0.4) is 0 Å². The second kappa shape index (κ2) is 7.43. The van der Waals surface area contributed by atoms with E-state index in [-0.39, 0.29) is 6.04 Å². The molecule has 0 saturated carbocycles. The van der Waals surface area contributed by atoms with E-state index in [2.05, 4.69) is 55.6 Å².